The Kier molecular flexibility index (Phi) is 4.27. The molecule has 1 aliphatic rings. The normalized spacial score (nSPS) is 18.3. The van der Waals surface area contributed by atoms with E-state index in [1.807, 2.05) is 0 Å². The van der Waals surface area contributed by atoms with Crippen molar-refractivity contribution in [1.82, 2.24) is 10.2 Å². The number of phenols is 1. The van der Waals surface area contributed by atoms with Crippen LogP contribution in [0, 0.1) is 0 Å². The highest BCUT2D eigenvalue weighted by molar-refractivity contribution is 5.81. The van der Waals surface area contributed by atoms with Crippen molar-refractivity contribution in [2.75, 3.05) is 20.7 Å². The standard InChI is InChI=1S/C14H20N2O3/c1-16(14(18)11-4-3-7-15-11)9-10-5-6-12(17)13(8-10)19-2/h5-6,8,11,15,17H,3-4,7,9H2,1-2H3/t11-/m0/s1. The van der Waals surface area contributed by atoms with Crippen LogP contribution in [-0.4, -0.2) is 42.7 Å². The Morgan fingerprint density at radius 1 is 1.58 bits per heavy atom. The number of nitrogens with zero attached hydrogens (tertiary/aromatic N) is 1. The Bertz CT molecular complexity index is 456. The predicted octanol–water partition coefficient (Wildman–Crippen LogP) is 1.11. The molecule has 5 nitrogen and oxygen atoms in total. The first-order chi connectivity index (χ1) is 9.11. The zero-order chi connectivity index (χ0) is 13.8. The Balaban J connectivity index is 2.01. The molecule has 0 saturated carbocycles. The Morgan fingerprint density at radius 2 is 2.37 bits per heavy atom. The van der Waals surface area contributed by atoms with Gasteiger partial charge in [-0.1, -0.05) is 6.07 Å². The summed E-state index contributed by atoms with van der Waals surface area (Å²) in [6.45, 7) is 1.42. The van der Waals surface area contributed by atoms with E-state index in [-0.39, 0.29) is 17.7 Å². The van der Waals surface area contributed by atoms with Crippen molar-refractivity contribution in [1.29, 1.82) is 0 Å². The van der Waals surface area contributed by atoms with Crippen LogP contribution >= 0.6 is 0 Å². The van der Waals surface area contributed by atoms with E-state index in [9.17, 15) is 9.90 Å². The summed E-state index contributed by atoms with van der Waals surface area (Å²) in [5.41, 5.74) is 0.934. The fourth-order valence-electron chi connectivity index (χ4n) is 2.33. The van der Waals surface area contributed by atoms with Crippen LogP contribution in [0.15, 0.2) is 18.2 Å². The minimum Gasteiger partial charge on any atom is -0.504 e. The molecule has 2 rings (SSSR count). The smallest absolute Gasteiger partial charge is 0.239 e. The monoisotopic (exact) mass is 264 g/mol. The fraction of sp³-hybridized carbons (Fsp3) is 0.500. The van der Waals surface area contributed by atoms with E-state index >= 15 is 0 Å². The van der Waals surface area contributed by atoms with Gasteiger partial charge in [0.1, 0.15) is 0 Å². The molecule has 1 aliphatic heterocycles. The molecular formula is C14H20N2O3. The highest BCUT2D eigenvalue weighted by Crippen LogP contribution is 2.26. The van der Waals surface area contributed by atoms with Gasteiger partial charge in [-0.05, 0) is 37.1 Å². The SMILES string of the molecule is COc1cc(CN(C)C(=O)[C@@H]2CCCN2)ccc1O. The van der Waals surface area contributed by atoms with E-state index in [0.29, 0.717) is 12.3 Å². The van der Waals surface area contributed by atoms with Gasteiger partial charge in [0.05, 0.1) is 13.2 Å². The molecule has 1 atom stereocenters. The summed E-state index contributed by atoms with van der Waals surface area (Å²) >= 11 is 0. The Hall–Kier alpha value is -1.75. The summed E-state index contributed by atoms with van der Waals surface area (Å²) in [7, 11) is 3.30. The van der Waals surface area contributed by atoms with Crippen LogP contribution in [0.25, 0.3) is 0 Å². The molecule has 1 amide bonds. The van der Waals surface area contributed by atoms with E-state index in [1.54, 1.807) is 30.1 Å². The molecule has 19 heavy (non-hydrogen) atoms. The minimum absolute atomic E-state index is 0.0518. The van der Waals surface area contributed by atoms with Crippen LogP contribution in [0.2, 0.25) is 0 Å². The first-order valence-electron chi connectivity index (χ1n) is 6.46. The van der Waals surface area contributed by atoms with Gasteiger partial charge in [0.25, 0.3) is 0 Å². The van der Waals surface area contributed by atoms with E-state index < -0.39 is 0 Å². The lowest BCUT2D eigenvalue weighted by atomic mass is 10.1. The van der Waals surface area contributed by atoms with Crippen LogP contribution in [0.3, 0.4) is 0 Å². The van der Waals surface area contributed by atoms with Crippen molar-refractivity contribution >= 4 is 5.91 Å². The van der Waals surface area contributed by atoms with Gasteiger partial charge in [0, 0.05) is 13.6 Å². The number of carbonyl (C=O) groups excluding carboxylic acids is 1. The van der Waals surface area contributed by atoms with E-state index in [1.165, 1.54) is 7.11 Å². The molecule has 1 fully saturated rings. The number of rotatable bonds is 4. The van der Waals surface area contributed by atoms with Crippen LogP contribution in [-0.2, 0) is 11.3 Å². The highest BCUT2D eigenvalue weighted by Gasteiger charge is 2.24. The maximum atomic E-state index is 12.2. The fourth-order valence-corrected chi connectivity index (χ4v) is 2.33. The zero-order valence-corrected chi connectivity index (χ0v) is 11.3. The summed E-state index contributed by atoms with van der Waals surface area (Å²) in [6.07, 6.45) is 1.96. The molecule has 0 spiro atoms. The van der Waals surface area contributed by atoms with E-state index in [0.717, 1.165) is 24.9 Å². The quantitative estimate of drug-likeness (QED) is 0.855. The third-order valence-electron chi connectivity index (χ3n) is 3.40. The molecular weight excluding hydrogens is 244 g/mol. The van der Waals surface area contributed by atoms with Gasteiger partial charge >= 0.3 is 0 Å². The molecule has 0 unspecified atom stereocenters. The Morgan fingerprint density at radius 3 is 3.00 bits per heavy atom. The number of hydrogen-bond donors (Lipinski definition) is 2. The van der Waals surface area contributed by atoms with Crippen molar-refractivity contribution < 1.29 is 14.6 Å². The third-order valence-corrected chi connectivity index (χ3v) is 3.40. The summed E-state index contributed by atoms with van der Waals surface area (Å²) < 4.78 is 5.06. The van der Waals surface area contributed by atoms with Gasteiger partial charge in [-0.3, -0.25) is 4.79 Å². The molecule has 1 saturated heterocycles. The molecule has 0 aliphatic carbocycles. The van der Waals surface area contributed by atoms with Crippen LogP contribution in [0.4, 0.5) is 0 Å². The number of carbonyl (C=O) groups is 1. The van der Waals surface area contributed by atoms with Crippen LogP contribution in [0.1, 0.15) is 18.4 Å². The molecule has 1 aromatic rings. The van der Waals surface area contributed by atoms with Gasteiger partial charge in [0.15, 0.2) is 11.5 Å². The number of nitrogens with one attached hydrogen (secondary N) is 1. The van der Waals surface area contributed by atoms with Crippen LogP contribution < -0.4 is 10.1 Å². The zero-order valence-electron chi connectivity index (χ0n) is 11.3. The topological polar surface area (TPSA) is 61.8 Å². The number of aromatic hydroxyl groups is 1. The number of likely N-dealkylation sites (N-methyl/N-ethyl adjacent to an activating group) is 1. The lowest BCUT2D eigenvalue weighted by Crippen LogP contribution is -2.41. The van der Waals surface area contributed by atoms with Crippen molar-refractivity contribution in [2.24, 2.45) is 0 Å². The largest absolute Gasteiger partial charge is 0.504 e. The minimum atomic E-state index is -0.0518. The summed E-state index contributed by atoms with van der Waals surface area (Å²) in [6, 6.07) is 5.08. The molecule has 1 heterocycles. The molecule has 1 aromatic carbocycles. The van der Waals surface area contributed by atoms with Crippen molar-refractivity contribution in [3.63, 3.8) is 0 Å². The first kappa shape index (κ1) is 13.7. The van der Waals surface area contributed by atoms with Gasteiger partial charge in [-0.2, -0.15) is 0 Å². The second kappa shape index (κ2) is 5.93. The highest BCUT2D eigenvalue weighted by atomic mass is 16.5. The number of amides is 1. The Labute approximate surface area is 113 Å². The van der Waals surface area contributed by atoms with E-state index in [4.69, 9.17) is 4.74 Å². The van der Waals surface area contributed by atoms with Crippen molar-refractivity contribution in [3.05, 3.63) is 23.8 Å². The van der Waals surface area contributed by atoms with Gasteiger partial charge in [-0.25, -0.2) is 0 Å². The van der Waals surface area contributed by atoms with Crippen molar-refractivity contribution in [2.45, 2.75) is 25.4 Å². The second-order valence-electron chi connectivity index (χ2n) is 4.85. The van der Waals surface area contributed by atoms with Gasteiger partial charge in [-0.15, -0.1) is 0 Å². The predicted molar refractivity (Wildman–Crippen MR) is 72.2 cm³/mol. The number of benzene rings is 1. The molecule has 0 aromatic heterocycles. The first-order valence-corrected chi connectivity index (χ1v) is 6.46. The average molecular weight is 264 g/mol. The summed E-state index contributed by atoms with van der Waals surface area (Å²) in [4.78, 5) is 13.9. The summed E-state index contributed by atoms with van der Waals surface area (Å²) in [5.74, 6) is 0.652. The second-order valence-corrected chi connectivity index (χ2v) is 4.85. The van der Waals surface area contributed by atoms with Gasteiger partial charge in [0.2, 0.25) is 5.91 Å². The molecule has 2 N–H and O–H groups in total. The molecule has 5 heteroatoms. The molecule has 0 bridgehead atoms. The number of methoxy groups -OCH3 is 1. The van der Waals surface area contributed by atoms with Crippen molar-refractivity contribution in [3.8, 4) is 11.5 Å². The van der Waals surface area contributed by atoms with E-state index in [2.05, 4.69) is 5.32 Å². The van der Waals surface area contributed by atoms with Gasteiger partial charge < -0.3 is 20.1 Å². The molecule has 0 radical (unpaired) electrons. The van der Waals surface area contributed by atoms with Crippen LogP contribution in [0.5, 0.6) is 11.5 Å². The number of hydrogen-bond acceptors (Lipinski definition) is 4. The lowest BCUT2D eigenvalue weighted by Gasteiger charge is -2.21. The maximum Gasteiger partial charge on any atom is 0.239 e. The summed E-state index contributed by atoms with van der Waals surface area (Å²) in [5, 5.41) is 12.7. The average Bonchev–Trinajstić information content (AvgIpc) is 2.94. The maximum absolute atomic E-state index is 12.2. The number of ether oxygens (including phenoxy) is 1. The lowest BCUT2D eigenvalue weighted by molar-refractivity contribution is -0.132. The third kappa shape index (κ3) is 3.17. The molecule has 104 valence electrons. The number of phenolic OH excluding ortho intramolecular Hbond substituents is 1.